The molecule has 1 aliphatic carbocycles. The average Bonchev–Trinajstić information content (AvgIpc) is 2.91. The molecule has 3 aromatic rings. The summed E-state index contributed by atoms with van der Waals surface area (Å²) in [4.78, 5) is 37.5. The van der Waals surface area contributed by atoms with E-state index in [-0.39, 0.29) is 23.3 Å². The number of hydrazone groups is 1. The van der Waals surface area contributed by atoms with Gasteiger partial charge in [0.15, 0.2) is 0 Å². The van der Waals surface area contributed by atoms with Crippen LogP contribution in [0.1, 0.15) is 58.4 Å². The standard InChI is InChI=1S/C28H26N2O5/c31-26(20-10-4-1-5-11-20)30-29-19-23-16-17-24(34-27(32)21-12-6-2-7-13-21)18-25(23)35-28(33)22-14-8-3-9-15-22/h2-3,6-9,12-20H,1,4-5,10-11H2,(H,30,31)/b29-19-. The van der Waals surface area contributed by atoms with Crippen molar-refractivity contribution >= 4 is 24.1 Å². The van der Waals surface area contributed by atoms with Crippen molar-refractivity contribution in [2.45, 2.75) is 32.1 Å². The molecule has 0 saturated heterocycles. The lowest BCUT2D eigenvalue weighted by atomic mass is 9.89. The second kappa shape index (κ2) is 11.7. The van der Waals surface area contributed by atoms with Gasteiger partial charge in [-0.1, -0.05) is 55.7 Å². The van der Waals surface area contributed by atoms with E-state index in [9.17, 15) is 14.4 Å². The first-order valence-electron chi connectivity index (χ1n) is 11.6. The zero-order chi connectivity index (χ0) is 24.5. The third-order valence-corrected chi connectivity index (χ3v) is 5.77. The third-order valence-electron chi connectivity index (χ3n) is 5.77. The molecule has 0 bridgehead atoms. The predicted molar refractivity (Wildman–Crippen MR) is 132 cm³/mol. The Hall–Kier alpha value is -4.26. The second-order valence-electron chi connectivity index (χ2n) is 8.28. The summed E-state index contributed by atoms with van der Waals surface area (Å²) in [6.45, 7) is 0. The van der Waals surface area contributed by atoms with Crippen LogP contribution in [0, 0.1) is 5.92 Å². The van der Waals surface area contributed by atoms with E-state index in [1.165, 1.54) is 12.3 Å². The Labute approximate surface area is 203 Å². The molecule has 1 saturated carbocycles. The minimum absolute atomic E-state index is 0.0314. The maximum atomic E-state index is 12.7. The normalized spacial score (nSPS) is 13.8. The lowest BCUT2D eigenvalue weighted by molar-refractivity contribution is -0.125. The zero-order valence-electron chi connectivity index (χ0n) is 19.2. The summed E-state index contributed by atoms with van der Waals surface area (Å²) in [7, 11) is 0. The lowest BCUT2D eigenvalue weighted by Gasteiger charge is -2.19. The van der Waals surface area contributed by atoms with Gasteiger partial charge in [0, 0.05) is 17.5 Å². The summed E-state index contributed by atoms with van der Waals surface area (Å²) in [6, 6.07) is 21.8. The molecule has 1 aliphatic rings. The quantitative estimate of drug-likeness (QED) is 0.223. The molecule has 7 heteroatoms. The highest BCUT2D eigenvalue weighted by molar-refractivity contribution is 5.94. The number of carbonyl (C=O) groups excluding carboxylic acids is 3. The number of nitrogens with one attached hydrogen (secondary N) is 1. The van der Waals surface area contributed by atoms with Crippen LogP contribution in [-0.4, -0.2) is 24.1 Å². The largest absolute Gasteiger partial charge is 0.423 e. The molecule has 0 aromatic heterocycles. The van der Waals surface area contributed by atoms with Gasteiger partial charge < -0.3 is 9.47 Å². The van der Waals surface area contributed by atoms with Crippen LogP contribution in [0.25, 0.3) is 0 Å². The summed E-state index contributed by atoms with van der Waals surface area (Å²) in [6.07, 6.45) is 6.39. The van der Waals surface area contributed by atoms with Crippen LogP contribution < -0.4 is 14.9 Å². The van der Waals surface area contributed by atoms with Gasteiger partial charge in [0.05, 0.1) is 17.3 Å². The van der Waals surface area contributed by atoms with Crippen LogP contribution in [0.2, 0.25) is 0 Å². The van der Waals surface area contributed by atoms with Crippen molar-refractivity contribution in [3.05, 3.63) is 95.6 Å². The van der Waals surface area contributed by atoms with E-state index in [4.69, 9.17) is 9.47 Å². The Morgan fingerprint density at radius 2 is 1.37 bits per heavy atom. The van der Waals surface area contributed by atoms with E-state index in [0.717, 1.165) is 32.1 Å². The predicted octanol–water partition coefficient (Wildman–Crippen LogP) is 5.16. The van der Waals surface area contributed by atoms with Gasteiger partial charge >= 0.3 is 11.9 Å². The monoisotopic (exact) mass is 470 g/mol. The van der Waals surface area contributed by atoms with Crippen molar-refractivity contribution in [1.82, 2.24) is 5.43 Å². The Morgan fingerprint density at radius 3 is 2.00 bits per heavy atom. The highest BCUT2D eigenvalue weighted by Crippen LogP contribution is 2.26. The summed E-state index contributed by atoms with van der Waals surface area (Å²) >= 11 is 0. The number of amides is 1. The van der Waals surface area contributed by atoms with Crippen LogP contribution >= 0.6 is 0 Å². The molecular weight excluding hydrogens is 444 g/mol. The van der Waals surface area contributed by atoms with Crippen molar-refractivity contribution in [2.75, 3.05) is 0 Å². The van der Waals surface area contributed by atoms with Crippen LogP contribution in [-0.2, 0) is 4.79 Å². The summed E-state index contributed by atoms with van der Waals surface area (Å²) in [5.74, 6) is -0.899. The van der Waals surface area contributed by atoms with E-state index < -0.39 is 11.9 Å². The molecular formula is C28H26N2O5. The van der Waals surface area contributed by atoms with E-state index in [2.05, 4.69) is 10.5 Å². The fourth-order valence-corrected chi connectivity index (χ4v) is 3.87. The van der Waals surface area contributed by atoms with Gasteiger partial charge in [-0.15, -0.1) is 0 Å². The van der Waals surface area contributed by atoms with Gasteiger partial charge in [0.1, 0.15) is 11.5 Å². The molecule has 1 amide bonds. The molecule has 0 radical (unpaired) electrons. The molecule has 3 aromatic carbocycles. The number of rotatable bonds is 7. The summed E-state index contributed by atoms with van der Waals surface area (Å²) < 4.78 is 11.1. The maximum Gasteiger partial charge on any atom is 0.343 e. The zero-order valence-corrected chi connectivity index (χ0v) is 19.2. The van der Waals surface area contributed by atoms with E-state index in [0.29, 0.717) is 16.7 Å². The van der Waals surface area contributed by atoms with Crippen LogP contribution in [0.4, 0.5) is 0 Å². The minimum atomic E-state index is -0.571. The minimum Gasteiger partial charge on any atom is -0.423 e. The number of hydrogen-bond donors (Lipinski definition) is 1. The van der Waals surface area contributed by atoms with Crippen molar-refractivity contribution in [2.24, 2.45) is 11.0 Å². The Balaban J connectivity index is 1.52. The maximum absolute atomic E-state index is 12.7. The van der Waals surface area contributed by atoms with Gasteiger partial charge in [-0.3, -0.25) is 4.79 Å². The van der Waals surface area contributed by atoms with Crippen LogP contribution in [0.15, 0.2) is 84.0 Å². The van der Waals surface area contributed by atoms with Crippen molar-refractivity contribution < 1.29 is 23.9 Å². The van der Waals surface area contributed by atoms with Gasteiger partial charge in [-0.05, 0) is 49.2 Å². The Morgan fingerprint density at radius 1 is 0.771 bits per heavy atom. The fraction of sp³-hybridized carbons (Fsp3) is 0.214. The number of hydrogen-bond acceptors (Lipinski definition) is 6. The molecule has 0 atom stereocenters. The summed E-state index contributed by atoms with van der Waals surface area (Å²) in [5, 5.41) is 4.07. The second-order valence-corrected chi connectivity index (χ2v) is 8.28. The molecule has 0 unspecified atom stereocenters. The van der Waals surface area contributed by atoms with Crippen LogP contribution in [0.3, 0.4) is 0 Å². The first-order chi connectivity index (χ1) is 17.1. The van der Waals surface area contributed by atoms with Crippen molar-refractivity contribution in [3.63, 3.8) is 0 Å². The fourth-order valence-electron chi connectivity index (χ4n) is 3.87. The molecule has 1 fully saturated rings. The third kappa shape index (κ3) is 6.63. The van der Waals surface area contributed by atoms with Gasteiger partial charge in [0.25, 0.3) is 0 Å². The Bertz CT molecular complexity index is 1200. The number of esters is 2. The van der Waals surface area contributed by atoms with Gasteiger partial charge in [-0.25, -0.2) is 15.0 Å². The number of nitrogens with zero attached hydrogens (tertiary/aromatic N) is 1. The van der Waals surface area contributed by atoms with Gasteiger partial charge in [-0.2, -0.15) is 5.10 Å². The number of benzene rings is 3. The first-order valence-corrected chi connectivity index (χ1v) is 11.6. The number of ether oxygens (including phenoxy) is 2. The van der Waals surface area contributed by atoms with Gasteiger partial charge in [0.2, 0.25) is 5.91 Å². The SMILES string of the molecule is O=C(Oc1ccc(/C=N\NC(=O)C2CCCCC2)c(OC(=O)c2ccccc2)c1)c1ccccc1. The molecule has 35 heavy (non-hydrogen) atoms. The summed E-state index contributed by atoms with van der Waals surface area (Å²) in [5.41, 5.74) is 3.79. The molecule has 0 spiro atoms. The van der Waals surface area contributed by atoms with E-state index in [1.807, 2.05) is 0 Å². The highest BCUT2D eigenvalue weighted by Gasteiger charge is 2.20. The molecule has 178 valence electrons. The first kappa shape index (κ1) is 23.9. The Kier molecular flexibility index (Phi) is 8.01. The molecule has 0 heterocycles. The van der Waals surface area contributed by atoms with E-state index >= 15 is 0 Å². The average molecular weight is 471 g/mol. The highest BCUT2D eigenvalue weighted by atomic mass is 16.5. The molecule has 4 rings (SSSR count). The smallest absolute Gasteiger partial charge is 0.343 e. The molecule has 0 aliphatic heterocycles. The number of carbonyl (C=O) groups is 3. The molecule has 1 N–H and O–H groups in total. The van der Waals surface area contributed by atoms with Crippen molar-refractivity contribution in [3.8, 4) is 11.5 Å². The van der Waals surface area contributed by atoms with Crippen LogP contribution in [0.5, 0.6) is 11.5 Å². The van der Waals surface area contributed by atoms with Crippen molar-refractivity contribution in [1.29, 1.82) is 0 Å². The topological polar surface area (TPSA) is 94.1 Å². The molecule has 7 nitrogen and oxygen atoms in total. The lowest BCUT2D eigenvalue weighted by Crippen LogP contribution is -2.28. The van der Waals surface area contributed by atoms with E-state index in [1.54, 1.807) is 72.8 Å².